The molecule has 0 aliphatic rings. The molecule has 122 valence electrons. The third kappa shape index (κ3) is 3.02. The molecule has 3 nitrogen and oxygen atoms in total. The zero-order valence-electron chi connectivity index (χ0n) is 13.2. The van der Waals surface area contributed by atoms with Crippen LogP contribution in [0.2, 0.25) is 5.02 Å². The average Bonchev–Trinajstić information content (AvgIpc) is 3.01. The highest BCUT2D eigenvalue weighted by Gasteiger charge is 2.15. The van der Waals surface area contributed by atoms with Crippen LogP contribution in [0.15, 0.2) is 84.9 Å². The van der Waals surface area contributed by atoms with Gasteiger partial charge in [-0.2, -0.15) is 0 Å². The fraction of sp³-hybridized carbons (Fsp3) is 0. The van der Waals surface area contributed by atoms with Gasteiger partial charge in [0.25, 0.3) is 0 Å². The van der Waals surface area contributed by atoms with Crippen molar-refractivity contribution in [1.82, 2.24) is 14.3 Å². The molecular weight excluding hydrogens is 350 g/mol. The van der Waals surface area contributed by atoms with Crippen LogP contribution in [-0.4, -0.2) is 14.3 Å². The molecule has 0 aliphatic carbocycles. The summed E-state index contributed by atoms with van der Waals surface area (Å²) in [4.78, 5) is 0. The number of aromatic nitrogens is 3. The van der Waals surface area contributed by atoms with Crippen molar-refractivity contribution in [3.05, 3.63) is 94.7 Å². The Balaban J connectivity index is 1.98. The van der Waals surface area contributed by atoms with Gasteiger partial charge in [-0.3, -0.25) is 4.57 Å². The maximum atomic E-state index is 6.01. The molecule has 25 heavy (non-hydrogen) atoms. The summed E-state index contributed by atoms with van der Waals surface area (Å²) in [5.41, 5.74) is 2.86. The lowest BCUT2D eigenvalue weighted by Crippen LogP contribution is -1.99. The van der Waals surface area contributed by atoms with Crippen molar-refractivity contribution in [2.24, 2.45) is 0 Å². The number of nitrogens with zero attached hydrogens (tertiary/aromatic N) is 3. The van der Waals surface area contributed by atoms with Crippen molar-refractivity contribution >= 4 is 23.8 Å². The van der Waals surface area contributed by atoms with Gasteiger partial charge in [0, 0.05) is 16.3 Å². The third-order valence-corrected chi connectivity index (χ3v) is 4.50. The van der Waals surface area contributed by atoms with E-state index in [0.29, 0.717) is 9.79 Å². The molecule has 0 aliphatic heterocycles. The lowest BCUT2D eigenvalue weighted by molar-refractivity contribution is 0.860. The Bertz CT molecular complexity index is 1050. The summed E-state index contributed by atoms with van der Waals surface area (Å²) in [6.45, 7) is 0. The van der Waals surface area contributed by atoms with E-state index in [9.17, 15) is 0 Å². The molecule has 0 amide bonds. The number of rotatable bonds is 3. The summed E-state index contributed by atoms with van der Waals surface area (Å²) in [7, 11) is 0. The van der Waals surface area contributed by atoms with E-state index in [-0.39, 0.29) is 0 Å². The molecule has 0 spiro atoms. The smallest absolute Gasteiger partial charge is 0.207 e. The second-order valence-corrected chi connectivity index (χ2v) is 6.33. The lowest BCUT2D eigenvalue weighted by Gasteiger charge is -2.06. The first-order chi connectivity index (χ1) is 12.2. The van der Waals surface area contributed by atoms with Crippen LogP contribution in [0.5, 0.6) is 0 Å². The number of para-hydroxylation sites is 1. The van der Waals surface area contributed by atoms with Gasteiger partial charge in [0.05, 0.1) is 5.69 Å². The van der Waals surface area contributed by atoms with E-state index < -0.39 is 0 Å². The second-order valence-electron chi connectivity index (χ2n) is 5.53. The summed E-state index contributed by atoms with van der Waals surface area (Å²) < 4.78 is 4.35. The standard InChI is InChI=1S/C20H14ClN3S/c21-16-11-13-18(14-12-16)24-20(25)23(17-9-5-2-6-10-17)19(22-24)15-7-3-1-4-8-15/h1-14H. The maximum Gasteiger partial charge on any atom is 0.207 e. The number of benzene rings is 3. The quantitative estimate of drug-likeness (QED) is 0.435. The Kier molecular flexibility index (Phi) is 4.22. The van der Waals surface area contributed by atoms with Crippen LogP contribution in [0.4, 0.5) is 0 Å². The molecule has 0 saturated heterocycles. The predicted molar refractivity (Wildman–Crippen MR) is 104 cm³/mol. The van der Waals surface area contributed by atoms with Gasteiger partial charge in [0.1, 0.15) is 0 Å². The van der Waals surface area contributed by atoms with Gasteiger partial charge >= 0.3 is 0 Å². The van der Waals surface area contributed by atoms with Gasteiger partial charge in [-0.15, -0.1) is 5.10 Å². The molecule has 1 aromatic heterocycles. The third-order valence-electron chi connectivity index (χ3n) is 3.90. The van der Waals surface area contributed by atoms with E-state index >= 15 is 0 Å². The van der Waals surface area contributed by atoms with E-state index in [2.05, 4.69) is 0 Å². The predicted octanol–water partition coefficient (Wildman–Crippen LogP) is 5.71. The summed E-state index contributed by atoms with van der Waals surface area (Å²) in [6.07, 6.45) is 0. The van der Waals surface area contributed by atoms with Crippen LogP contribution < -0.4 is 0 Å². The molecule has 4 aromatic rings. The highest BCUT2D eigenvalue weighted by molar-refractivity contribution is 7.71. The fourth-order valence-electron chi connectivity index (χ4n) is 2.70. The number of hydrogen-bond donors (Lipinski definition) is 0. The van der Waals surface area contributed by atoms with Crippen molar-refractivity contribution in [1.29, 1.82) is 0 Å². The Labute approximate surface area is 155 Å². The Morgan fingerprint density at radius 1 is 0.720 bits per heavy atom. The zero-order valence-corrected chi connectivity index (χ0v) is 14.8. The summed E-state index contributed by atoms with van der Waals surface area (Å²) in [6, 6.07) is 27.5. The molecule has 5 heteroatoms. The molecule has 0 bridgehead atoms. The van der Waals surface area contributed by atoms with Crippen LogP contribution in [-0.2, 0) is 0 Å². The summed E-state index contributed by atoms with van der Waals surface area (Å²) >= 11 is 11.7. The van der Waals surface area contributed by atoms with E-state index in [0.717, 1.165) is 22.8 Å². The zero-order chi connectivity index (χ0) is 17.2. The minimum absolute atomic E-state index is 0.604. The Morgan fingerprint density at radius 3 is 1.96 bits per heavy atom. The SMILES string of the molecule is S=c1n(-c2ccc(Cl)cc2)nc(-c2ccccc2)n1-c1ccccc1. The number of hydrogen-bond acceptors (Lipinski definition) is 2. The minimum atomic E-state index is 0.604. The molecule has 0 atom stereocenters. The largest absolute Gasteiger partial charge is 0.268 e. The van der Waals surface area contributed by atoms with Gasteiger partial charge in [0.15, 0.2) is 5.82 Å². The van der Waals surface area contributed by atoms with E-state index in [1.807, 2.05) is 89.5 Å². The highest BCUT2D eigenvalue weighted by atomic mass is 35.5. The Hall–Kier alpha value is -2.69. The van der Waals surface area contributed by atoms with Crippen molar-refractivity contribution in [2.75, 3.05) is 0 Å². The molecule has 0 N–H and O–H groups in total. The van der Waals surface area contributed by atoms with E-state index in [1.54, 1.807) is 4.68 Å². The number of halogens is 1. The van der Waals surface area contributed by atoms with Crippen LogP contribution in [0.3, 0.4) is 0 Å². The molecule has 1 heterocycles. The molecule has 0 saturated carbocycles. The molecule has 4 rings (SSSR count). The van der Waals surface area contributed by atoms with Gasteiger partial charge in [0.2, 0.25) is 4.77 Å². The highest BCUT2D eigenvalue weighted by Crippen LogP contribution is 2.24. The van der Waals surface area contributed by atoms with Gasteiger partial charge in [-0.05, 0) is 48.6 Å². The lowest BCUT2D eigenvalue weighted by atomic mass is 10.2. The Morgan fingerprint density at radius 2 is 1.32 bits per heavy atom. The van der Waals surface area contributed by atoms with Crippen LogP contribution in [0, 0.1) is 4.77 Å². The molecule has 0 fully saturated rings. The first-order valence-corrected chi connectivity index (χ1v) is 8.61. The summed E-state index contributed by atoms with van der Waals surface area (Å²) in [5.74, 6) is 0.798. The first-order valence-electron chi connectivity index (χ1n) is 7.83. The normalized spacial score (nSPS) is 10.8. The second kappa shape index (κ2) is 6.67. The summed E-state index contributed by atoms with van der Waals surface area (Å²) in [5, 5.41) is 5.47. The van der Waals surface area contributed by atoms with Crippen LogP contribution in [0.25, 0.3) is 22.8 Å². The monoisotopic (exact) mass is 363 g/mol. The van der Waals surface area contributed by atoms with E-state index in [1.165, 1.54) is 0 Å². The van der Waals surface area contributed by atoms with E-state index in [4.69, 9.17) is 28.9 Å². The van der Waals surface area contributed by atoms with Gasteiger partial charge < -0.3 is 0 Å². The molecule has 0 unspecified atom stereocenters. The topological polar surface area (TPSA) is 22.8 Å². The maximum absolute atomic E-state index is 6.01. The van der Waals surface area contributed by atoms with Gasteiger partial charge in [-0.1, -0.05) is 60.1 Å². The van der Waals surface area contributed by atoms with Crippen molar-refractivity contribution in [3.63, 3.8) is 0 Å². The van der Waals surface area contributed by atoms with Crippen molar-refractivity contribution in [3.8, 4) is 22.8 Å². The van der Waals surface area contributed by atoms with Crippen LogP contribution in [0.1, 0.15) is 0 Å². The first kappa shape index (κ1) is 15.8. The van der Waals surface area contributed by atoms with Crippen LogP contribution >= 0.6 is 23.8 Å². The molecular formula is C20H14ClN3S. The molecule has 3 aromatic carbocycles. The van der Waals surface area contributed by atoms with Gasteiger partial charge in [-0.25, -0.2) is 4.68 Å². The van der Waals surface area contributed by atoms with Crippen molar-refractivity contribution < 1.29 is 0 Å². The molecule has 0 radical (unpaired) electrons. The minimum Gasteiger partial charge on any atom is -0.268 e. The average molecular weight is 364 g/mol. The van der Waals surface area contributed by atoms with Crippen molar-refractivity contribution in [2.45, 2.75) is 0 Å². The fourth-order valence-corrected chi connectivity index (χ4v) is 3.17.